The Hall–Kier alpha value is -1.41. The number of hydrogen-bond donors (Lipinski definition) is 1. The van der Waals surface area contributed by atoms with Gasteiger partial charge in [0.25, 0.3) is 0 Å². The summed E-state index contributed by atoms with van der Waals surface area (Å²) in [6.45, 7) is 5.91. The zero-order valence-electron chi connectivity index (χ0n) is 11.2. The van der Waals surface area contributed by atoms with Gasteiger partial charge in [0, 0.05) is 19.6 Å². The fourth-order valence-corrected chi connectivity index (χ4v) is 1.99. The summed E-state index contributed by atoms with van der Waals surface area (Å²) in [5.74, 6) is 0.315. The van der Waals surface area contributed by atoms with E-state index in [4.69, 9.17) is 4.74 Å². The lowest BCUT2D eigenvalue weighted by Crippen LogP contribution is -2.45. The Kier molecular flexibility index (Phi) is 4.77. The molecule has 5 nitrogen and oxygen atoms in total. The third kappa shape index (κ3) is 4.04. The molecular formula is C12H17F3N4O. The molecule has 2 rings (SSSR count). The van der Waals surface area contributed by atoms with Crippen LogP contribution in [-0.2, 0) is 10.9 Å². The number of nitrogens with zero attached hydrogens (tertiary/aromatic N) is 3. The summed E-state index contributed by atoms with van der Waals surface area (Å²) in [5, 5.41) is 9.62. The highest BCUT2D eigenvalue weighted by atomic mass is 19.4. The van der Waals surface area contributed by atoms with Crippen LogP contribution in [-0.4, -0.2) is 54.0 Å². The number of likely N-dealkylation sites (N-methyl/N-ethyl adjacent to an activating group) is 1. The zero-order valence-corrected chi connectivity index (χ0v) is 11.2. The number of morpholine rings is 1. The van der Waals surface area contributed by atoms with Crippen molar-refractivity contribution >= 4 is 5.82 Å². The molecule has 1 unspecified atom stereocenters. The average Bonchev–Trinajstić information content (AvgIpc) is 2.45. The van der Waals surface area contributed by atoms with Crippen LogP contribution >= 0.6 is 0 Å². The van der Waals surface area contributed by atoms with E-state index in [1.807, 2.05) is 0 Å². The average molecular weight is 290 g/mol. The predicted molar refractivity (Wildman–Crippen MR) is 67.4 cm³/mol. The van der Waals surface area contributed by atoms with Gasteiger partial charge in [-0.2, -0.15) is 13.2 Å². The lowest BCUT2D eigenvalue weighted by molar-refractivity contribution is -0.141. The van der Waals surface area contributed by atoms with Crippen molar-refractivity contribution in [1.29, 1.82) is 0 Å². The Bertz CT molecular complexity index is 424. The van der Waals surface area contributed by atoms with Crippen LogP contribution in [0.3, 0.4) is 0 Å². The lowest BCUT2D eigenvalue weighted by Gasteiger charge is -2.32. The van der Waals surface area contributed by atoms with Crippen molar-refractivity contribution in [2.75, 3.05) is 38.1 Å². The van der Waals surface area contributed by atoms with Gasteiger partial charge in [0.05, 0.1) is 12.7 Å². The van der Waals surface area contributed by atoms with Gasteiger partial charge in [0.15, 0.2) is 5.69 Å². The van der Waals surface area contributed by atoms with Gasteiger partial charge >= 0.3 is 6.18 Å². The summed E-state index contributed by atoms with van der Waals surface area (Å²) in [5.41, 5.74) is -0.992. The molecule has 1 aromatic heterocycles. The van der Waals surface area contributed by atoms with Crippen LogP contribution in [0.25, 0.3) is 0 Å². The molecular weight excluding hydrogens is 273 g/mol. The van der Waals surface area contributed by atoms with Crippen LogP contribution in [0.1, 0.15) is 12.6 Å². The Labute approximate surface area is 115 Å². The molecule has 0 bridgehead atoms. The fraction of sp³-hybridized carbons (Fsp3) is 0.667. The predicted octanol–water partition coefficient (Wildman–Crippen LogP) is 1.63. The Morgan fingerprint density at radius 1 is 1.40 bits per heavy atom. The van der Waals surface area contributed by atoms with Crippen LogP contribution in [0, 0.1) is 0 Å². The molecule has 20 heavy (non-hydrogen) atoms. The lowest BCUT2D eigenvalue weighted by atomic mass is 10.2. The first kappa shape index (κ1) is 15.0. The van der Waals surface area contributed by atoms with Crippen LogP contribution in [0.15, 0.2) is 12.1 Å². The summed E-state index contributed by atoms with van der Waals surface area (Å²) in [7, 11) is 0. The number of alkyl halides is 3. The largest absolute Gasteiger partial charge is 0.435 e. The highest BCUT2D eigenvalue weighted by Crippen LogP contribution is 2.27. The third-order valence-electron chi connectivity index (χ3n) is 3.14. The second-order valence-electron chi connectivity index (χ2n) is 4.57. The minimum Gasteiger partial charge on any atom is -0.374 e. The van der Waals surface area contributed by atoms with Gasteiger partial charge in [0.2, 0.25) is 0 Å². The molecule has 0 aromatic carbocycles. The van der Waals surface area contributed by atoms with E-state index in [-0.39, 0.29) is 6.10 Å². The zero-order chi connectivity index (χ0) is 14.6. The van der Waals surface area contributed by atoms with E-state index in [1.165, 1.54) is 6.07 Å². The van der Waals surface area contributed by atoms with Crippen LogP contribution in [0.2, 0.25) is 0 Å². The van der Waals surface area contributed by atoms with E-state index >= 15 is 0 Å². The molecule has 0 saturated carbocycles. The second kappa shape index (κ2) is 6.36. The number of aromatic nitrogens is 2. The molecule has 1 aliphatic rings. The van der Waals surface area contributed by atoms with Crippen molar-refractivity contribution in [3.8, 4) is 0 Å². The maximum absolute atomic E-state index is 12.3. The van der Waals surface area contributed by atoms with Crippen molar-refractivity contribution in [1.82, 2.24) is 15.1 Å². The summed E-state index contributed by atoms with van der Waals surface area (Å²) in [6.07, 6.45) is -4.45. The minimum absolute atomic E-state index is 0.00722. The van der Waals surface area contributed by atoms with Crippen molar-refractivity contribution in [2.45, 2.75) is 19.2 Å². The molecule has 1 aromatic rings. The number of anilines is 1. The number of halogens is 3. The van der Waals surface area contributed by atoms with Gasteiger partial charge in [-0.3, -0.25) is 4.90 Å². The number of rotatable bonds is 4. The quantitative estimate of drug-likeness (QED) is 0.913. The molecule has 1 atom stereocenters. The van der Waals surface area contributed by atoms with Crippen molar-refractivity contribution in [3.05, 3.63) is 17.8 Å². The van der Waals surface area contributed by atoms with E-state index in [9.17, 15) is 13.2 Å². The topological polar surface area (TPSA) is 50.3 Å². The molecule has 0 radical (unpaired) electrons. The van der Waals surface area contributed by atoms with Gasteiger partial charge in [-0.1, -0.05) is 6.92 Å². The monoisotopic (exact) mass is 290 g/mol. The van der Waals surface area contributed by atoms with Gasteiger partial charge in [-0.05, 0) is 18.7 Å². The smallest absolute Gasteiger partial charge is 0.374 e. The van der Waals surface area contributed by atoms with E-state index in [2.05, 4.69) is 27.3 Å². The number of ether oxygens (including phenoxy) is 1. The first-order valence-corrected chi connectivity index (χ1v) is 6.48. The van der Waals surface area contributed by atoms with Crippen LogP contribution < -0.4 is 5.32 Å². The molecule has 1 saturated heterocycles. The summed E-state index contributed by atoms with van der Waals surface area (Å²) in [6, 6.07) is 2.19. The summed E-state index contributed by atoms with van der Waals surface area (Å²) < 4.78 is 42.6. The molecule has 1 aliphatic heterocycles. The standard InChI is InChI=1S/C12H17F3N4O/c1-2-19-5-6-20-9(8-19)7-16-11-4-3-10(17-18-11)12(13,14)15/h3-4,9H,2,5-8H2,1H3,(H,16,18). The maximum Gasteiger partial charge on any atom is 0.435 e. The van der Waals surface area contributed by atoms with E-state index in [0.717, 1.165) is 25.7 Å². The maximum atomic E-state index is 12.3. The third-order valence-corrected chi connectivity index (χ3v) is 3.14. The first-order chi connectivity index (χ1) is 9.49. The minimum atomic E-state index is -4.46. The van der Waals surface area contributed by atoms with E-state index in [1.54, 1.807) is 0 Å². The molecule has 1 fully saturated rings. The van der Waals surface area contributed by atoms with Gasteiger partial charge in [0.1, 0.15) is 5.82 Å². The SMILES string of the molecule is CCN1CCOC(CNc2ccc(C(F)(F)F)nn2)C1. The Morgan fingerprint density at radius 3 is 2.80 bits per heavy atom. The Morgan fingerprint density at radius 2 is 2.20 bits per heavy atom. The van der Waals surface area contributed by atoms with Crippen LogP contribution in [0.4, 0.5) is 19.0 Å². The summed E-state index contributed by atoms with van der Waals surface area (Å²) >= 11 is 0. The molecule has 0 spiro atoms. The van der Waals surface area contributed by atoms with Crippen molar-refractivity contribution in [3.63, 3.8) is 0 Å². The van der Waals surface area contributed by atoms with Crippen LogP contribution in [0.5, 0.6) is 0 Å². The summed E-state index contributed by atoms with van der Waals surface area (Å²) in [4.78, 5) is 2.26. The van der Waals surface area contributed by atoms with Gasteiger partial charge in [-0.25, -0.2) is 0 Å². The highest BCUT2D eigenvalue weighted by molar-refractivity contribution is 5.33. The number of hydrogen-bond acceptors (Lipinski definition) is 5. The molecule has 1 N–H and O–H groups in total. The molecule has 0 aliphatic carbocycles. The fourth-order valence-electron chi connectivity index (χ4n) is 1.99. The molecule has 0 amide bonds. The van der Waals surface area contributed by atoms with Gasteiger partial charge < -0.3 is 10.1 Å². The molecule has 112 valence electrons. The molecule has 2 heterocycles. The van der Waals surface area contributed by atoms with E-state index in [0.29, 0.717) is 19.0 Å². The first-order valence-electron chi connectivity index (χ1n) is 6.48. The highest BCUT2D eigenvalue weighted by Gasteiger charge is 2.32. The Balaban J connectivity index is 1.85. The second-order valence-corrected chi connectivity index (χ2v) is 4.57. The van der Waals surface area contributed by atoms with E-state index < -0.39 is 11.9 Å². The van der Waals surface area contributed by atoms with Gasteiger partial charge in [-0.15, -0.1) is 10.2 Å². The van der Waals surface area contributed by atoms with Crippen molar-refractivity contribution < 1.29 is 17.9 Å². The normalized spacial score (nSPS) is 20.9. The molecule has 8 heteroatoms. The number of nitrogens with one attached hydrogen (secondary N) is 1. The van der Waals surface area contributed by atoms with Crippen molar-refractivity contribution in [2.24, 2.45) is 0 Å².